The van der Waals surface area contributed by atoms with E-state index in [0.29, 0.717) is 3.57 Å². The normalized spacial score (nSPS) is 11.2. The van der Waals surface area contributed by atoms with Crippen molar-refractivity contribution in [1.29, 1.82) is 0 Å². The molecule has 0 atom stereocenters. The Kier molecular flexibility index (Phi) is 4.59. The SMILES string of the molecule is COC(=O)Cc1nc(OC(F)(F)F)c(O)cc1I. The molecule has 0 radical (unpaired) electrons. The van der Waals surface area contributed by atoms with E-state index in [0.717, 1.165) is 13.2 Å². The molecule has 18 heavy (non-hydrogen) atoms. The summed E-state index contributed by atoms with van der Waals surface area (Å²) in [5.41, 5.74) is 0.0273. The molecule has 1 heterocycles. The first kappa shape index (κ1) is 14.8. The van der Waals surface area contributed by atoms with Crippen molar-refractivity contribution in [3.63, 3.8) is 0 Å². The molecule has 0 amide bonds. The Hall–Kier alpha value is -1.26. The summed E-state index contributed by atoms with van der Waals surface area (Å²) in [5.74, 6) is -2.42. The van der Waals surface area contributed by atoms with Crippen molar-refractivity contribution in [2.75, 3.05) is 7.11 Å². The molecule has 0 saturated heterocycles. The summed E-state index contributed by atoms with van der Waals surface area (Å²) in [7, 11) is 1.14. The first-order valence-corrected chi connectivity index (χ1v) is 5.51. The number of hydrogen-bond acceptors (Lipinski definition) is 5. The number of esters is 1. The van der Waals surface area contributed by atoms with Gasteiger partial charge in [-0.1, -0.05) is 0 Å². The van der Waals surface area contributed by atoms with Gasteiger partial charge in [0, 0.05) is 9.64 Å². The molecule has 0 aliphatic heterocycles. The van der Waals surface area contributed by atoms with Crippen molar-refractivity contribution in [1.82, 2.24) is 4.98 Å². The number of methoxy groups -OCH3 is 1. The summed E-state index contributed by atoms with van der Waals surface area (Å²) in [4.78, 5) is 14.5. The quantitative estimate of drug-likeness (QED) is 0.645. The van der Waals surface area contributed by atoms with E-state index in [4.69, 9.17) is 0 Å². The average molecular weight is 377 g/mol. The predicted octanol–water partition coefficient (Wildman–Crippen LogP) is 2.01. The summed E-state index contributed by atoms with van der Waals surface area (Å²) < 4.78 is 44.3. The van der Waals surface area contributed by atoms with Crippen LogP contribution in [0.3, 0.4) is 0 Å². The zero-order valence-electron chi connectivity index (χ0n) is 8.92. The molecule has 0 bridgehead atoms. The average Bonchev–Trinajstić information content (AvgIpc) is 2.23. The molecule has 1 N–H and O–H groups in total. The molecule has 0 saturated carbocycles. The fourth-order valence-electron chi connectivity index (χ4n) is 1.02. The Balaban J connectivity index is 3.06. The van der Waals surface area contributed by atoms with Crippen molar-refractivity contribution < 1.29 is 32.5 Å². The Labute approximate surface area is 113 Å². The molecule has 0 aromatic carbocycles. The van der Waals surface area contributed by atoms with Gasteiger partial charge in [0.2, 0.25) is 0 Å². The molecule has 0 aliphatic carbocycles. The molecule has 0 fully saturated rings. The lowest BCUT2D eigenvalue weighted by molar-refractivity contribution is -0.276. The number of carbonyl (C=O) groups is 1. The smallest absolute Gasteiger partial charge is 0.503 e. The number of alkyl halides is 3. The molecule has 0 aliphatic rings. The maximum atomic E-state index is 12.0. The van der Waals surface area contributed by atoms with Crippen molar-refractivity contribution in [2.45, 2.75) is 12.8 Å². The van der Waals surface area contributed by atoms with E-state index in [-0.39, 0.29) is 12.1 Å². The van der Waals surface area contributed by atoms with E-state index in [1.54, 1.807) is 22.6 Å². The lowest BCUT2D eigenvalue weighted by Crippen LogP contribution is -2.19. The van der Waals surface area contributed by atoms with Crippen LogP contribution >= 0.6 is 22.6 Å². The van der Waals surface area contributed by atoms with Crippen molar-refractivity contribution >= 4 is 28.6 Å². The fraction of sp³-hybridized carbons (Fsp3) is 0.333. The van der Waals surface area contributed by atoms with Crippen LogP contribution in [0.25, 0.3) is 0 Å². The minimum Gasteiger partial charge on any atom is -0.503 e. The Bertz CT molecular complexity index is 464. The highest BCUT2D eigenvalue weighted by Gasteiger charge is 2.33. The predicted molar refractivity (Wildman–Crippen MR) is 61.0 cm³/mol. The van der Waals surface area contributed by atoms with Crippen LogP contribution in [0.4, 0.5) is 13.2 Å². The van der Waals surface area contributed by atoms with Gasteiger partial charge in [0.05, 0.1) is 19.2 Å². The molecule has 9 heteroatoms. The Morgan fingerprint density at radius 2 is 2.17 bits per heavy atom. The number of halogens is 4. The van der Waals surface area contributed by atoms with Crippen LogP contribution < -0.4 is 4.74 Å². The minimum absolute atomic E-state index is 0.0273. The van der Waals surface area contributed by atoms with Crippen LogP contribution in [0, 0.1) is 3.57 Å². The maximum absolute atomic E-state index is 12.0. The van der Waals surface area contributed by atoms with Crippen LogP contribution in [0.1, 0.15) is 5.69 Å². The second kappa shape index (κ2) is 5.59. The zero-order chi connectivity index (χ0) is 13.9. The lowest BCUT2D eigenvalue weighted by Gasteiger charge is -2.11. The van der Waals surface area contributed by atoms with E-state index in [1.165, 1.54) is 0 Å². The highest BCUT2D eigenvalue weighted by Crippen LogP contribution is 2.31. The summed E-state index contributed by atoms with van der Waals surface area (Å²) >= 11 is 1.72. The Morgan fingerprint density at radius 1 is 1.56 bits per heavy atom. The second-order valence-electron chi connectivity index (χ2n) is 3.04. The topological polar surface area (TPSA) is 68.7 Å². The van der Waals surface area contributed by atoms with Gasteiger partial charge in [-0.3, -0.25) is 4.79 Å². The van der Waals surface area contributed by atoms with Gasteiger partial charge in [-0.15, -0.1) is 13.2 Å². The molecule has 0 spiro atoms. The van der Waals surface area contributed by atoms with Gasteiger partial charge in [-0.05, 0) is 22.6 Å². The third kappa shape index (κ3) is 4.20. The fourth-order valence-corrected chi connectivity index (χ4v) is 1.62. The first-order valence-electron chi connectivity index (χ1n) is 4.44. The molecule has 1 aromatic heterocycles. The molecular weight excluding hydrogens is 370 g/mol. The van der Waals surface area contributed by atoms with Crippen LogP contribution in [-0.4, -0.2) is 29.5 Å². The third-order valence-corrected chi connectivity index (χ3v) is 2.68. The second-order valence-corrected chi connectivity index (χ2v) is 4.20. The van der Waals surface area contributed by atoms with Crippen LogP contribution in [0.2, 0.25) is 0 Å². The van der Waals surface area contributed by atoms with E-state index >= 15 is 0 Å². The van der Waals surface area contributed by atoms with E-state index in [9.17, 15) is 23.1 Å². The van der Waals surface area contributed by atoms with Gasteiger partial charge in [0.1, 0.15) is 0 Å². The van der Waals surface area contributed by atoms with E-state index < -0.39 is 24.0 Å². The highest BCUT2D eigenvalue weighted by molar-refractivity contribution is 14.1. The van der Waals surface area contributed by atoms with Crippen molar-refractivity contribution in [2.24, 2.45) is 0 Å². The number of nitrogens with zero attached hydrogens (tertiary/aromatic N) is 1. The standard InChI is InChI=1S/C9H7F3INO4/c1-17-7(16)3-5-4(13)2-6(15)8(14-5)18-9(10,11)12/h2,15H,3H2,1H3. The van der Waals surface area contributed by atoms with Crippen LogP contribution in [-0.2, 0) is 16.0 Å². The molecule has 1 rings (SSSR count). The number of aromatic nitrogens is 1. The summed E-state index contributed by atoms with van der Waals surface area (Å²) in [5, 5.41) is 9.26. The number of ether oxygens (including phenoxy) is 2. The number of carbonyl (C=O) groups excluding carboxylic acids is 1. The molecule has 100 valence electrons. The van der Waals surface area contributed by atoms with E-state index in [2.05, 4.69) is 14.5 Å². The zero-order valence-corrected chi connectivity index (χ0v) is 11.1. The number of hydrogen-bond donors (Lipinski definition) is 1. The highest BCUT2D eigenvalue weighted by atomic mass is 127. The van der Waals surface area contributed by atoms with Gasteiger partial charge in [-0.25, -0.2) is 4.98 Å². The largest absolute Gasteiger partial charge is 0.574 e. The number of aromatic hydroxyl groups is 1. The number of rotatable bonds is 3. The van der Waals surface area contributed by atoms with E-state index in [1.807, 2.05) is 0 Å². The van der Waals surface area contributed by atoms with Crippen LogP contribution in [0.5, 0.6) is 11.6 Å². The Morgan fingerprint density at radius 3 is 2.67 bits per heavy atom. The molecular formula is C9H7F3INO4. The first-order chi connectivity index (χ1) is 8.23. The van der Waals surface area contributed by atoms with Gasteiger partial charge in [0.25, 0.3) is 5.88 Å². The molecule has 1 aromatic rings. The minimum atomic E-state index is -4.97. The number of pyridine rings is 1. The monoisotopic (exact) mass is 377 g/mol. The van der Waals surface area contributed by atoms with Crippen molar-refractivity contribution in [3.05, 3.63) is 15.3 Å². The van der Waals surface area contributed by atoms with Gasteiger partial charge in [0.15, 0.2) is 5.75 Å². The van der Waals surface area contributed by atoms with Crippen LogP contribution in [0.15, 0.2) is 6.07 Å². The van der Waals surface area contributed by atoms with Crippen molar-refractivity contribution in [3.8, 4) is 11.6 Å². The van der Waals surface area contributed by atoms with Gasteiger partial charge >= 0.3 is 12.3 Å². The maximum Gasteiger partial charge on any atom is 0.574 e. The summed E-state index contributed by atoms with van der Waals surface area (Å²) in [6, 6.07) is 1.02. The summed E-state index contributed by atoms with van der Waals surface area (Å²) in [6.45, 7) is 0. The summed E-state index contributed by atoms with van der Waals surface area (Å²) in [6.07, 6.45) is -5.29. The third-order valence-electron chi connectivity index (χ3n) is 1.75. The molecule has 5 nitrogen and oxygen atoms in total. The lowest BCUT2D eigenvalue weighted by atomic mass is 10.2. The van der Waals surface area contributed by atoms with Gasteiger partial charge in [-0.2, -0.15) is 0 Å². The van der Waals surface area contributed by atoms with Gasteiger partial charge < -0.3 is 14.6 Å². The molecule has 0 unspecified atom stereocenters.